The zero-order chi connectivity index (χ0) is 24.9. The predicted molar refractivity (Wildman–Crippen MR) is 131 cm³/mol. The standard InChI is InChI=1S/C26H32N4O5/c1-4-34-20-7-6-18(15-21(20)32-3)23-19(16-27)25(28)35-22-14-17(2)30(26(31)24(22)23)9-5-8-29-10-12-33-13-11-29/h6-7,14-15,23H,4-5,8-13,28H2,1-3H3. The highest BCUT2D eigenvalue weighted by atomic mass is 16.5. The minimum Gasteiger partial charge on any atom is -0.493 e. The molecule has 0 aliphatic carbocycles. The molecule has 0 radical (unpaired) electrons. The number of pyridine rings is 1. The van der Waals surface area contributed by atoms with E-state index in [0.717, 1.165) is 45.0 Å². The summed E-state index contributed by atoms with van der Waals surface area (Å²) in [5.41, 5.74) is 8.04. The minimum atomic E-state index is -0.674. The molecule has 1 saturated heterocycles. The van der Waals surface area contributed by atoms with E-state index in [1.54, 1.807) is 23.8 Å². The minimum absolute atomic E-state index is 0.00159. The molecule has 0 bridgehead atoms. The Morgan fingerprint density at radius 2 is 1.97 bits per heavy atom. The van der Waals surface area contributed by atoms with Crippen LogP contribution in [0.25, 0.3) is 0 Å². The second-order valence-electron chi connectivity index (χ2n) is 8.60. The van der Waals surface area contributed by atoms with Crippen molar-refractivity contribution in [2.24, 2.45) is 5.73 Å². The first-order valence-corrected chi connectivity index (χ1v) is 11.9. The van der Waals surface area contributed by atoms with Crippen molar-refractivity contribution >= 4 is 0 Å². The van der Waals surface area contributed by atoms with E-state index in [1.807, 2.05) is 26.0 Å². The number of nitriles is 1. The zero-order valence-corrected chi connectivity index (χ0v) is 20.5. The number of rotatable bonds is 8. The Kier molecular flexibility index (Phi) is 7.63. The van der Waals surface area contributed by atoms with Gasteiger partial charge in [-0.3, -0.25) is 9.69 Å². The van der Waals surface area contributed by atoms with Crippen LogP contribution in [0.5, 0.6) is 17.2 Å². The molecule has 0 saturated carbocycles. The summed E-state index contributed by atoms with van der Waals surface area (Å²) in [5, 5.41) is 9.94. The molecule has 2 N–H and O–H groups in total. The molecular formula is C26H32N4O5. The smallest absolute Gasteiger partial charge is 0.258 e. The summed E-state index contributed by atoms with van der Waals surface area (Å²) in [7, 11) is 1.56. The summed E-state index contributed by atoms with van der Waals surface area (Å²) in [5.74, 6) is 0.817. The van der Waals surface area contributed by atoms with Crippen LogP contribution in [0.1, 0.15) is 36.1 Å². The fraction of sp³-hybridized carbons (Fsp3) is 0.462. The molecule has 0 amide bonds. The van der Waals surface area contributed by atoms with Gasteiger partial charge >= 0.3 is 0 Å². The molecule has 35 heavy (non-hydrogen) atoms. The third kappa shape index (κ3) is 4.99. The highest BCUT2D eigenvalue weighted by molar-refractivity contribution is 5.57. The summed E-state index contributed by atoms with van der Waals surface area (Å²) < 4.78 is 24.1. The van der Waals surface area contributed by atoms with Gasteiger partial charge in [0.1, 0.15) is 17.4 Å². The van der Waals surface area contributed by atoms with E-state index in [1.165, 1.54) is 0 Å². The summed E-state index contributed by atoms with van der Waals surface area (Å²) in [6.07, 6.45) is 0.824. The molecule has 3 heterocycles. The number of benzene rings is 1. The van der Waals surface area contributed by atoms with Crippen molar-refractivity contribution in [2.45, 2.75) is 32.7 Å². The quantitative estimate of drug-likeness (QED) is 0.613. The zero-order valence-electron chi connectivity index (χ0n) is 20.5. The molecule has 2 aliphatic heterocycles. The Labute approximate surface area is 205 Å². The van der Waals surface area contributed by atoms with Crippen molar-refractivity contribution in [3.8, 4) is 23.3 Å². The highest BCUT2D eigenvalue weighted by Gasteiger charge is 2.35. The largest absolute Gasteiger partial charge is 0.493 e. The monoisotopic (exact) mass is 480 g/mol. The maximum atomic E-state index is 13.8. The third-order valence-corrected chi connectivity index (χ3v) is 6.47. The normalized spacial score (nSPS) is 17.9. The Balaban J connectivity index is 1.73. The van der Waals surface area contributed by atoms with Crippen LogP contribution in [-0.4, -0.2) is 56.0 Å². The van der Waals surface area contributed by atoms with Crippen molar-refractivity contribution in [3.63, 3.8) is 0 Å². The number of methoxy groups -OCH3 is 1. The van der Waals surface area contributed by atoms with Gasteiger partial charge < -0.3 is 29.2 Å². The molecule has 186 valence electrons. The van der Waals surface area contributed by atoms with Crippen LogP contribution < -0.4 is 25.5 Å². The summed E-state index contributed by atoms with van der Waals surface area (Å²) in [6.45, 7) is 9.01. The lowest BCUT2D eigenvalue weighted by molar-refractivity contribution is 0.0369. The van der Waals surface area contributed by atoms with Crippen molar-refractivity contribution in [2.75, 3.05) is 46.6 Å². The molecule has 1 aromatic heterocycles. The number of ether oxygens (including phenoxy) is 4. The van der Waals surface area contributed by atoms with E-state index in [0.29, 0.717) is 41.5 Å². The molecule has 0 spiro atoms. The van der Waals surface area contributed by atoms with Crippen molar-refractivity contribution in [1.29, 1.82) is 5.26 Å². The van der Waals surface area contributed by atoms with E-state index < -0.39 is 5.92 Å². The van der Waals surface area contributed by atoms with Crippen molar-refractivity contribution < 1.29 is 18.9 Å². The molecule has 1 atom stereocenters. The molecule has 4 rings (SSSR count). The van der Waals surface area contributed by atoms with Gasteiger partial charge in [0, 0.05) is 37.9 Å². The average Bonchev–Trinajstić information content (AvgIpc) is 2.86. The molecular weight excluding hydrogens is 448 g/mol. The molecule has 9 nitrogen and oxygen atoms in total. The Hall–Kier alpha value is -3.48. The van der Waals surface area contributed by atoms with Gasteiger partial charge in [-0.15, -0.1) is 0 Å². The molecule has 9 heteroatoms. The van der Waals surface area contributed by atoms with Crippen LogP contribution in [0.15, 0.2) is 40.5 Å². The Morgan fingerprint density at radius 3 is 2.66 bits per heavy atom. The molecule has 2 aliphatic rings. The molecule has 2 aromatic rings. The van der Waals surface area contributed by atoms with Gasteiger partial charge in [0.05, 0.1) is 38.4 Å². The fourth-order valence-corrected chi connectivity index (χ4v) is 4.71. The van der Waals surface area contributed by atoms with Crippen LogP contribution in [0.3, 0.4) is 0 Å². The van der Waals surface area contributed by atoms with Crippen LogP contribution in [0.2, 0.25) is 0 Å². The lowest BCUT2D eigenvalue weighted by Gasteiger charge is -2.28. The van der Waals surface area contributed by atoms with Gasteiger partial charge in [-0.2, -0.15) is 5.26 Å². The maximum Gasteiger partial charge on any atom is 0.258 e. The number of aryl methyl sites for hydroxylation is 1. The van der Waals surface area contributed by atoms with Gasteiger partial charge in [0.15, 0.2) is 11.5 Å². The number of allylic oxidation sites excluding steroid dienone is 1. The van der Waals surface area contributed by atoms with Gasteiger partial charge in [-0.25, -0.2) is 0 Å². The summed E-state index contributed by atoms with van der Waals surface area (Å²) in [6, 6.07) is 9.39. The van der Waals surface area contributed by atoms with Crippen molar-refractivity contribution in [1.82, 2.24) is 9.47 Å². The van der Waals surface area contributed by atoms with E-state index in [4.69, 9.17) is 24.7 Å². The second-order valence-corrected chi connectivity index (χ2v) is 8.60. The Morgan fingerprint density at radius 1 is 1.20 bits per heavy atom. The fourth-order valence-electron chi connectivity index (χ4n) is 4.71. The van der Waals surface area contributed by atoms with Crippen molar-refractivity contribution in [3.05, 3.63) is 62.9 Å². The van der Waals surface area contributed by atoms with Gasteiger partial charge in [0.2, 0.25) is 5.88 Å². The van der Waals surface area contributed by atoms with Gasteiger partial charge in [-0.1, -0.05) is 6.07 Å². The van der Waals surface area contributed by atoms with Crippen LogP contribution >= 0.6 is 0 Å². The van der Waals surface area contributed by atoms with Crippen LogP contribution in [0.4, 0.5) is 0 Å². The van der Waals surface area contributed by atoms with E-state index >= 15 is 0 Å². The molecule has 1 unspecified atom stereocenters. The summed E-state index contributed by atoms with van der Waals surface area (Å²) >= 11 is 0. The third-order valence-electron chi connectivity index (χ3n) is 6.47. The molecule has 1 aromatic carbocycles. The number of nitrogens with zero attached hydrogens (tertiary/aromatic N) is 3. The molecule has 1 fully saturated rings. The number of hydrogen-bond donors (Lipinski definition) is 1. The number of morpholine rings is 1. The number of nitrogens with two attached hydrogens (primary N) is 1. The number of aromatic nitrogens is 1. The van der Waals surface area contributed by atoms with Crippen LogP contribution in [0, 0.1) is 18.3 Å². The summed E-state index contributed by atoms with van der Waals surface area (Å²) in [4.78, 5) is 16.2. The second kappa shape index (κ2) is 10.8. The lowest BCUT2D eigenvalue weighted by atomic mass is 9.84. The number of hydrogen-bond acceptors (Lipinski definition) is 8. The lowest BCUT2D eigenvalue weighted by Crippen LogP contribution is -2.38. The Bertz CT molecular complexity index is 1210. The average molecular weight is 481 g/mol. The first-order valence-electron chi connectivity index (χ1n) is 11.9. The highest BCUT2D eigenvalue weighted by Crippen LogP contribution is 2.42. The topological polar surface area (TPSA) is 112 Å². The van der Waals surface area contributed by atoms with Crippen LogP contribution in [-0.2, 0) is 11.3 Å². The van der Waals surface area contributed by atoms with E-state index in [-0.39, 0.29) is 17.0 Å². The van der Waals surface area contributed by atoms with E-state index in [2.05, 4.69) is 11.0 Å². The van der Waals surface area contributed by atoms with Gasteiger partial charge in [-0.05, 0) is 38.0 Å². The first-order chi connectivity index (χ1) is 17.0. The van der Waals surface area contributed by atoms with Gasteiger partial charge in [0.25, 0.3) is 5.56 Å². The maximum absolute atomic E-state index is 13.8. The predicted octanol–water partition coefficient (Wildman–Crippen LogP) is 2.50. The van der Waals surface area contributed by atoms with E-state index in [9.17, 15) is 10.1 Å². The SMILES string of the molecule is CCOc1ccc(C2C(C#N)=C(N)Oc3cc(C)n(CCCN4CCOCC4)c(=O)c32)cc1OC. The number of fused-ring (bicyclic) bond motifs is 1. The first kappa shape index (κ1) is 24.6.